The summed E-state index contributed by atoms with van der Waals surface area (Å²) in [6, 6.07) is 0.0870. The van der Waals surface area contributed by atoms with E-state index in [1.165, 1.54) is 32.1 Å². The highest BCUT2D eigenvalue weighted by Crippen LogP contribution is 2.17. The number of carbonyl (C=O) groups is 3. The lowest BCUT2D eigenvalue weighted by molar-refractivity contribution is -0.135. The molecule has 0 heterocycles. The molecule has 138 valence electrons. The lowest BCUT2D eigenvalue weighted by atomic mass is 9.96. The molecular weight excluding hydrogens is 306 g/mol. The Kier molecular flexibility index (Phi) is 9.42. The van der Waals surface area contributed by atoms with Gasteiger partial charge in [0.25, 0.3) is 0 Å². The van der Waals surface area contributed by atoms with Crippen LogP contribution < -0.4 is 10.6 Å². The molecule has 0 aliphatic heterocycles. The maximum absolute atomic E-state index is 12.2. The molecule has 0 radical (unpaired) electrons. The lowest BCUT2D eigenvalue weighted by Crippen LogP contribution is -2.39. The second-order valence-corrected chi connectivity index (χ2v) is 6.84. The molecule has 0 aromatic rings. The molecule has 6 nitrogen and oxygen atoms in total. The van der Waals surface area contributed by atoms with E-state index in [1.807, 2.05) is 6.92 Å². The predicted molar refractivity (Wildman–Crippen MR) is 94.4 cm³/mol. The minimum atomic E-state index is -0.175. The number of rotatable bonds is 7. The Hall–Kier alpha value is -1.59. The third kappa shape index (κ3) is 7.79. The molecule has 0 bridgehead atoms. The van der Waals surface area contributed by atoms with Crippen LogP contribution in [0.15, 0.2) is 0 Å². The fourth-order valence-corrected chi connectivity index (χ4v) is 3.05. The van der Waals surface area contributed by atoms with Crippen LogP contribution in [0.4, 0.5) is 0 Å². The van der Waals surface area contributed by atoms with Crippen molar-refractivity contribution in [3.8, 4) is 0 Å². The molecule has 1 saturated carbocycles. The van der Waals surface area contributed by atoms with E-state index < -0.39 is 0 Å². The summed E-state index contributed by atoms with van der Waals surface area (Å²) in [5.41, 5.74) is 0. The zero-order chi connectivity index (χ0) is 17.9. The average molecular weight is 339 g/mol. The largest absolute Gasteiger partial charge is 0.359 e. The first kappa shape index (κ1) is 20.5. The van der Waals surface area contributed by atoms with Gasteiger partial charge in [-0.05, 0) is 19.8 Å². The van der Waals surface area contributed by atoms with Crippen LogP contribution in [0.3, 0.4) is 0 Å². The van der Waals surface area contributed by atoms with Gasteiger partial charge in [0.15, 0.2) is 0 Å². The summed E-state index contributed by atoms with van der Waals surface area (Å²) in [6.07, 6.45) is 8.90. The molecule has 0 saturated heterocycles. The smallest absolute Gasteiger partial charge is 0.223 e. The molecule has 0 aromatic heterocycles. The van der Waals surface area contributed by atoms with Crippen molar-refractivity contribution in [2.45, 2.75) is 83.2 Å². The minimum absolute atomic E-state index is 0.0405. The number of hydrogen-bond donors (Lipinski definition) is 2. The number of carbonyl (C=O) groups excluding carboxylic acids is 3. The van der Waals surface area contributed by atoms with Gasteiger partial charge in [0.2, 0.25) is 17.7 Å². The summed E-state index contributed by atoms with van der Waals surface area (Å²) >= 11 is 0. The first-order chi connectivity index (χ1) is 11.4. The standard InChI is InChI=1S/C18H33N3O3/c1-14(13-17(23)19-2)21(3)18(24)12-11-16(22)20-15-9-7-5-4-6-8-10-15/h14-15H,4-13H2,1-3H3,(H,19,23)(H,20,22)/t14-/m1/s1. The van der Waals surface area contributed by atoms with E-state index >= 15 is 0 Å². The van der Waals surface area contributed by atoms with Crippen molar-refractivity contribution >= 4 is 17.7 Å². The van der Waals surface area contributed by atoms with Crippen molar-refractivity contribution in [3.63, 3.8) is 0 Å². The van der Waals surface area contributed by atoms with Gasteiger partial charge in [-0.2, -0.15) is 0 Å². The first-order valence-electron chi connectivity index (χ1n) is 9.19. The molecule has 3 amide bonds. The predicted octanol–water partition coefficient (Wildman–Crippen LogP) is 1.98. The van der Waals surface area contributed by atoms with Gasteiger partial charge in [-0.25, -0.2) is 0 Å². The number of nitrogens with zero attached hydrogens (tertiary/aromatic N) is 1. The zero-order valence-electron chi connectivity index (χ0n) is 15.4. The van der Waals surface area contributed by atoms with Gasteiger partial charge in [0.05, 0.1) is 0 Å². The Morgan fingerprint density at radius 2 is 1.58 bits per heavy atom. The first-order valence-corrected chi connectivity index (χ1v) is 9.19. The molecule has 1 rings (SSSR count). The summed E-state index contributed by atoms with van der Waals surface area (Å²) in [7, 11) is 3.26. The fraction of sp³-hybridized carbons (Fsp3) is 0.833. The molecule has 0 unspecified atom stereocenters. The van der Waals surface area contributed by atoms with Crippen molar-refractivity contribution < 1.29 is 14.4 Å². The second-order valence-electron chi connectivity index (χ2n) is 6.84. The van der Waals surface area contributed by atoms with Gasteiger partial charge in [-0.1, -0.05) is 32.1 Å². The lowest BCUT2D eigenvalue weighted by Gasteiger charge is -2.25. The van der Waals surface area contributed by atoms with Gasteiger partial charge in [-0.15, -0.1) is 0 Å². The summed E-state index contributed by atoms with van der Waals surface area (Å²) in [5, 5.41) is 5.63. The van der Waals surface area contributed by atoms with E-state index in [9.17, 15) is 14.4 Å². The van der Waals surface area contributed by atoms with E-state index in [0.717, 1.165) is 12.8 Å². The molecule has 1 fully saturated rings. The molecule has 1 aliphatic rings. The van der Waals surface area contributed by atoms with Crippen molar-refractivity contribution in [2.75, 3.05) is 14.1 Å². The topological polar surface area (TPSA) is 78.5 Å². The second kappa shape index (κ2) is 11.0. The summed E-state index contributed by atoms with van der Waals surface area (Å²) in [6.45, 7) is 1.84. The van der Waals surface area contributed by atoms with Gasteiger partial charge in [-0.3, -0.25) is 14.4 Å². The number of nitrogens with one attached hydrogen (secondary N) is 2. The van der Waals surface area contributed by atoms with E-state index in [0.29, 0.717) is 0 Å². The molecular formula is C18H33N3O3. The normalized spacial score (nSPS) is 17.3. The van der Waals surface area contributed by atoms with Crippen molar-refractivity contribution in [1.82, 2.24) is 15.5 Å². The van der Waals surface area contributed by atoms with Crippen molar-refractivity contribution in [1.29, 1.82) is 0 Å². The third-order valence-electron chi connectivity index (χ3n) is 4.85. The Balaban J connectivity index is 2.31. The monoisotopic (exact) mass is 339 g/mol. The molecule has 0 aromatic carbocycles. The van der Waals surface area contributed by atoms with Crippen LogP contribution in [0.2, 0.25) is 0 Å². The Morgan fingerprint density at radius 3 is 2.17 bits per heavy atom. The molecule has 1 aliphatic carbocycles. The summed E-state index contributed by atoms with van der Waals surface area (Å²) in [4.78, 5) is 37.2. The van der Waals surface area contributed by atoms with Crippen molar-refractivity contribution in [2.24, 2.45) is 0 Å². The zero-order valence-corrected chi connectivity index (χ0v) is 15.4. The highest BCUT2D eigenvalue weighted by Gasteiger charge is 2.20. The van der Waals surface area contributed by atoms with Gasteiger partial charge in [0.1, 0.15) is 0 Å². The maximum Gasteiger partial charge on any atom is 0.223 e. The van der Waals surface area contributed by atoms with E-state index in [1.54, 1.807) is 19.0 Å². The molecule has 0 spiro atoms. The molecule has 1 atom stereocenters. The van der Waals surface area contributed by atoms with Crippen LogP contribution in [0, 0.1) is 0 Å². The highest BCUT2D eigenvalue weighted by molar-refractivity contribution is 5.84. The minimum Gasteiger partial charge on any atom is -0.359 e. The van der Waals surface area contributed by atoms with Crippen LogP contribution >= 0.6 is 0 Å². The van der Waals surface area contributed by atoms with Crippen LogP contribution in [-0.4, -0.2) is 48.8 Å². The third-order valence-corrected chi connectivity index (χ3v) is 4.85. The maximum atomic E-state index is 12.2. The quantitative estimate of drug-likeness (QED) is 0.744. The van der Waals surface area contributed by atoms with Gasteiger partial charge >= 0.3 is 0 Å². The SMILES string of the molecule is CNC(=O)C[C@@H](C)N(C)C(=O)CCC(=O)NC1CCCCCCC1. The summed E-state index contributed by atoms with van der Waals surface area (Å²) < 4.78 is 0. The van der Waals surface area contributed by atoms with Gasteiger partial charge < -0.3 is 15.5 Å². The molecule has 2 N–H and O–H groups in total. The van der Waals surface area contributed by atoms with E-state index in [2.05, 4.69) is 10.6 Å². The van der Waals surface area contributed by atoms with Crippen LogP contribution in [0.1, 0.15) is 71.1 Å². The molecule has 24 heavy (non-hydrogen) atoms. The number of amides is 3. The Labute approximate surface area is 145 Å². The fourth-order valence-electron chi connectivity index (χ4n) is 3.05. The van der Waals surface area contributed by atoms with E-state index in [4.69, 9.17) is 0 Å². The van der Waals surface area contributed by atoms with Crippen molar-refractivity contribution in [3.05, 3.63) is 0 Å². The summed E-state index contributed by atoms with van der Waals surface area (Å²) in [5.74, 6) is -0.232. The Morgan fingerprint density at radius 1 is 1.00 bits per heavy atom. The highest BCUT2D eigenvalue weighted by atomic mass is 16.2. The average Bonchev–Trinajstić information content (AvgIpc) is 2.53. The van der Waals surface area contributed by atoms with Crippen LogP contribution in [-0.2, 0) is 14.4 Å². The van der Waals surface area contributed by atoms with Gasteiger partial charge in [0, 0.05) is 45.4 Å². The number of hydrogen-bond acceptors (Lipinski definition) is 3. The molecule has 6 heteroatoms. The van der Waals surface area contributed by atoms with Crippen LogP contribution in [0.25, 0.3) is 0 Å². The van der Waals surface area contributed by atoms with E-state index in [-0.39, 0.29) is 49.1 Å². The Bertz CT molecular complexity index is 418. The van der Waals surface area contributed by atoms with Crippen LogP contribution in [0.5, 0.6) is 0 Å².